The van der Waals surface area contributed by atoms with Crippen molar-refractivity contribution in [2.24, 2.45) is 11.8 Å². The Morgan fingerprint density at radius 2 is 1.58 bits per heavy atom. The van der Waals surface area contributed by atoms with Crippen molar-refractivity contribution in [3.63, 3.8) is 0 Å². The monoisotopic (exact) mass is 186 g/mol. The Morgan fingerprint density at radius 3 is 1.83 bits per heavy atom. The van der Waals surface area contributed by atoms with Crippen LogP contribution < -0.4 is 0 Å². The summed E-state index contributed by atoms with van der Waals surface area (Å²) >= 11 is 0. The fraction of sp³-hybridized carbons (Fsp3) is 1.00. The van der Waals surface area contributed by atoms with E-state index in [1.165, 1.54) is 38.5 Å². The predicted molar refractivity (Wildman–Crippen MR) is 50.3 cm³/mol. The van der Waals surface area contributed by atoms with Crippen molar-refractivity contribution in [3.05, 3.63) is 0 Å². The van der Waals surface area contributed by atoms with Crippen LogP contribution in [-0.2, 0) is 4.43 Å². The minimum absolute atomic E-state index is 0.448. The molecule has 0 heterocycles. The van der Waals surface area contributed by atoms with Gasteiger partial charge in [-0.1, -0.05) is 12.8 Å². The summed E-state index contributed by atoms with van der Waals surface area (Å²) in [7, 11) is -1.17. The molecule has 3 heteroatoms. The Morgan fingerprint density at radius 1 is 1.08 bits per heavy atom. The average molecular weight is 186 g/mol. The van der Waals surface area contributed by atoms with Gasteiger partial charge in [-0.25, -0.2) is 0 Å². The number of hydrogen-bond acceptors (Lipinski definition) is 2. The van der Waals surface area contributed by atoms with E-state index >= 15 is 0 Å². The van der Waals surface area contributed by atoms with Gasteiger partial charge in [0.2, 0.25) is 0 Å². The molecule has 0 aliphatic heterocycles. The third-order valence-corrected chi connectivity index (χ3v) is 4.03. The molecule has 2 saturated carbocycles. The van der Waals surface area contributed by atoms with Crippen LogP contribution in [0.15, 0.2) is 0 Å². The van der Waals surface area contributed by atoms with Crippen LogP contribution >= 0.6 is 0 Å². The Kier molecular flexibility index (Phi) is 2.83. The van der Waals surface area contributed by atoms with Crippen molar-refractivity contribution >= 4 is 10.0 Å². The SMILES string of the molecule is O[SiH2]OC(C1CCC1)C1CCC1. The van der Waals surface area contributed by atoms with E-state index in [2.05, 4.69) is 0 Å². The van der Waals surface area contributed by atoms with Gasteiger partial charge in [0.25, 0.3) is 0 Å². The van der Waals surface area contributed by atoms with Crippen molar-refractivity contribution in [2.75, 3.05) is 0 Å². The molecule has 0 spiro atoms. The van der Waals surface area contributed by atoms with Gasteiger partial charge < -0.3 is 9.22 Å². The van der Waals surface area contributed by atoms with Crippen LogP contribution in [0.3, 0.4) is 0 Å². The van der Waals surface area contributed by atoms with Gasteiger partial charge in [0.05, 0.1) is 6.10 Å². The lowest BCUT2D eigenvalue weighted by Gasteiger charge is -2.42. The van der Waals surface area contributed by atoms with Gasteiger partial charge in [0, 0.05) is 0 Å². The molecule has 2 aliphatic carbocycles. The zero-order valence-corrected chi connectivity index (χ0v) is 8.95. The zero-order chi connectivity index (χ0) is 8.39. The first-order valence-electron chi connectivity index (χ1n) is 5.14. The first-order valence-corrected chi connectivity index (χ1v) is 6.35. The molecule has 0 aromatic carbocycles. The van der Waals surface area contributed by atoms with Gasteiger partial charge in [0.15, 0.2) is 0 Å². The third kappa shape index (κ3) is 1.58. The molecule has 0 amide bonds. The third-order valence-electron chi connectivity index (χ3n) is 3.50. The molecule has 12 heavy (non-hydrogen) atoms. The number of rotatable bonds is 4. The summed E-state index contributed by atoms with van der Waals surface area (Å²) in [4.78, 5) is 8.89. The van der Waals surface area contributed by atoms with Crippen molar-refractivity contribution < 1.29 is 9.22 Å². The Hall–Kier alpha value is 0.137. The summed E-state index contributed by atoms with van der Waals surface area (Å²) in [6, 6.07) is 0. The maximum atomic E-state index is 8.89. The Labute approximate surface area is 76.4 Å². The zero-order valence-electron chi connectivity index (χ0n) is 7.54. The quantitative estimate of drug-likeness (QED) is 0.663. The van der Waals surface area contributed by atoms with Crippen molar-refractivity contribution in [2.45, 2.75) is 44.6 Å². The molecule has 0 saturated heterocycles. The molecule has 2 aliphatic rings. The van der Waals surface area contributed by atoms with Crippen LogP contribution in [0.2, 0.25) is 0 Å². The normalized spacial score (nSPS) is 26.5. The van der Waals surface area contributed by atoms with Crippen molar-refractivity contribution in [1.82, 2.24) is 0 Å². The van der Waals surface area contributed by atoms with Gasteiger partial charge in [-0.2, -0.15) is 0 Å². The Bertz CT molecular complexity index is 129. The maximum Gasteiger partial charge on any atom is 0.302 e. The minimum Gasteiger partial charge on any atom is -0.415 e. The predicted octanol–water partition coefficient (Wildman–Crippen LogP) is 0.963. The molecular weight excluding hydrogens is 168 g/mol. The molecule has 2 nitrogen and oxygen atoms in total. The van der Waals surface area contributed by atoms with Crippen LogP contribution in [0.25, 0.3) is 0 Å². The molecule has 1 N–H and O–H groups in total. The largest absolute Gasteiger partial charge is 0.415 e. The van der Waals surface area contributed by atoms with Gasteiger partial charge in [-0.15, -0.1) is 0 Å². The molecule has 0 radical (unpaired) electrons. The fourth-order valence-electron chi connectivity index (χ4n) is 2.28. The molecule has 0 aromatic rings. The molecule has 0 aromatic heterocycles. The van der Waals surface area contributed by atoms with Crippen LogP contribution in [0.1, 0.15) is 38.5 Å². The Balaban J connectivity index is 1.82. The lowest BCUT2D eigenvalue weighted by molar-refractivity contribution is -0.00154. The minimum atomic E-state index is -1.17. The van der Waals surface area contributed by atoms with E-state index in [1.54, 1.807) is 0 Å². The molecule has 70 valence electrons. The highest BCUT2D eigenvalue weighted by molar-refractivity contribution is 6.15. The van der Waals surface area contributed by atoms with Gasteiger partial charge >= 0.3 is 10.0 Å². The molecule has 0 unspecified atom stereocenters. The van der Waals surface area contributed by atoms with Gasteiger partial charge in [-0.05, 0) is 37.5 Å². The second-order valence-electron chi connectivity index (χ2n) is 4.14. The summed E-state index contributed by atoms with van der Waals surface area (Å²) in [6.07, 6.45) is 8.58. The van der Waals surface area contributed by atoms with E-state index in [0.717, 1.165) is 11.8 Å². The maximum absolute atomic E-state index is 8.89. The standard InChI is InChI=1S/C9H18O2Si/c10-12-11-9(7-3-1-4-7)8-5-2-6-8/h7-10H,1-6,12H2. The van der Waals surface area contributed by atoms with E-state index in [4.69, 9.17) is 9.22 Å². The van der Waals surface area contributed by atoms with E-state index in [0.29, 0.717) is 6.10 Å². The topological polar surface area (TPSA) is 29.5 Å². The summed E-state index contributed by atoms with van der Waals surface area (Å²) in [5.41, 5.74) is 0. The van der Waals surface area contributed by atoms with Crippen LogP contribution in [0.4, 0.5) is 0 Å². The van der Waals surface area contributed by atoms with E-state index in [-0.39, 0.29) is 0 Å². The highest BCUT2D eigenvalue weighted by atomic mass is 28.2. The molecule has 0 atom stereocenters. The van der Waals surface area contributed by atoms with Crippen molar-refractivity contribution in [1.29, 1.82) is 0 Å². The van der Waals surface area contributed by atoms with Crippen LogP contribution in [0.5, 0.6) is 0 Å². The summed E-state index contributed by atoms with van der Waals surface area (Å²) in [5.74, 6) is 1.60. The van der Waals surface area contributed by atoms with E-state index < -0.39 is 10.0 Å². The molecular formula is C9H18O2Si. The summed E-state index contributed by atoms with van der Waals surface area (Å²) in [6.45, 7) is 0. The lowest BCUT2D eigenvalue weighted by Crippen LogP contribution is -2.39. The van der Waals surface area contributed by atoms with Crippen LogP contribution in [-0.4, -0.2) is 20.9 Å². The highest BCUT2D eigenvalue weighted by Gasteiger charge is 2.36. The second kappa shape index (κ2) is 3.90. The first-order chi connectivity index (χ1) is 5.92. The molecule has 0 bridgehead atoms. The summed E-state index contributed by atoms with van der Waals surface area (Å²) in [5, 5.41) is 0. The van der Waals surface area contributed by atoms with E-state index in [9.17, 15) is 0 Å². The lowest BCUT2D eigenvalue weighted by atomic mass is 9.70. The summed E-state index contributed by atoms with van der Waals surface area (Å²) < 4.78 is 5.54. The van der Waals surface area contributed by atoms with Crippen LogP contribution in [0, 0.1) is 11.8 Å². The first kappa shape index (κ1) is 8.72. The number of hydrogen-bond donors (Lipinski definition) is 1. The van der Waals surface area contributed by atoms with Gasteiger partial charge in [-0.3, -0.25) is 0 Å². The molecule has 2 fully saturated rings. The second-order valence-corrected chi connectivity index (χ2v) is 4.73. The van der Waals surface area contributed by atoms with E-state index in [1.807, 2.05) is 0 Å². The van der Waals surface area contributed by atoms with Crippen molar-refractivity contribution in [3.8, 4) is 0 Å². The average Bonchev–Trinajstić information content (AvgIpc) is 1.79. The smallest absolute Gasteiger partial charge is 0.302 e. The fourth-order valence-corrected chi connectivity index (χ4v) is 3.00. The molecule has 2 rings (SSSR count). The van der Waals surface area contributed by atoms with Gasteiger partial charge in [0.1, 0.15) is 0 Å². The highest BCUT2D eigenvalue weighted by Crippen LogP contribution is 2.41.